The van der Waals surface area contributed by atoms with Crippen molar-refractivity contribution in [1.29, 1.82) is 0 Å². The molecule has 4 atom stereocenters. The summed E-state index contributed by atoms with van der Waals surface area (Å²) in [6.45, 7) is 2.26. The van der Waals surface area contributed by atoms with E-state index in [9.17, 15) is 10.2 Å². The Bertz CT molecular complexity index is 647. The molecule has 1 saturated carbocycles. The summed E-state index contributed by atoms with van der Waals surface area (Å²) in [5.41, 5.74) is 0. The summed E-state index contributed by atoms with van der Waals surface area (Å²) in [4.78, 5) is 1.07. The van der Waals surface area contributed by atoms with E-state index in [0.717, 1.165) is 24.1 Å². The van der Waals surface area contributed by atoms with Crippen LogP contribution in [0, 0.1) is 11.8 Å². The smallest absolute Gasteiger partial charge is 0.0882 e. The van der Waals surface area contributed by atoms with E-state index in [1.54, 1.807) is 11.3 Å². The Morgan fingerprint density at radius 2 is 1.81 bits per heavy atom. The first-order valence-corrected chi connectivity index (χ1v) is 11.8. The number of unbranched alkanes of at least 4 members (excludes halogenated alkanes) is 5. The molecule has 1 aromatic carbocycles. The molecule has 0 radical (unpaired) electrons. The summed E-state index contributed by atoms with van der Waals surface area (Å²) in [6.07, 6.45) is 12.6. The Morgan fingerprint density at radius 3 is 2.63 bits per heavy atom. The third kappa shape index (κ3) is 5.79. The molecule has 1 aliphatic carbocycles. The molecule has 150 valence electrons. The highest BCUT2D eigenvalue weighted by molar-refractivity contribution is 7.19. The molecule has 1 aliphatic rings. The molecule has 3 heteroatoms. The number of aliphatic hydroxyl groups is 2. The van der Waals surface area contributed by atoms with Gasteiger partial charge in [0.2, 0.25) is 0 Å². The highest BCUT2D eigenvalue weighted by atomic mass is 32.1. The van der Waals surface area contributed by atoms with Crippen LogP contribution in [0.1, 0.15) is 88.5 Å². The van der Waals surface area contributed by atoms with Crippen molar-refractivity contribution in [1.82, 2.24) is 0 Å². The van der Waals surface area contributed by atoms with Crippen LogP contribution in [0.25, 0.3) is 10.1 Å². The van der Waals surface area contributed by atoms with Crippen molar-refractivity contribution in [3.05, 3.63) is 35.2 Å². The average molecular weight is 389 g/mol. The van der Waals surface area contributed by atoms with Crippen molar-refractivity contribution in [2.75, 3.05) is 0 Å². The normalized spacial score (nSPS) is 23.9. The molecule has 0 amide bonds. The van der Waals surface area contributed by atoms with Gasteiger partial charge < -0.3 is 10.2 Å². The van der Waals surface area contributed by atoms with Gasteiger partial charge in [-0.25, -0.2) is 0 Å². The number of benzene rings is 1. The third-order valence-corrected chi connectivity index (χ3v) is 7.63. The van der Waals surface area contributed by atoms with Crippen molar-refractivity contribution >= 4 is 21.4 Å². The summed E-state index contributed by atoms with van der Waals surface area (Å²) < 4.78 is 1.24. The predicted octanol–water partition coefficient (Wildman–Crippen LogP) is 6.85. The van der Waals surface area contributed by atoms with E-state index < -0.39 is 6.10 Å². The lowest BCUT2D eigenvalue weighted by Crippen LogP contribution is -2.20. The molecule has 1 fully saturated rings. The van der Waals surface area contributed by atoms with Gasteiger partial charge in [-0.1, -0.05) is 70.1 Å². The van der Waals surface area contributed by atoms with E-state index >= 15 is 0 Å². The number of hydrogen-bond donors (Lipinski definition) is 2. The Morgan fingerprint density at radius 1 is 1.04 bits per heavy atom. The maximum absolute atomic E-state index is 10.7. The lowest BCUT2D eigenvalue weighted by atomic mass is 9.85. The van der Waals surface area contributed by atoms with Crippen LogP contribution >= 0.6 is 11.3 Å². The van der Waals surface area contributed by atoms with Gasteiger partial charge in [0.15, 0.2) is 0 Å². The Labute approximate surface area is 168 Å². The zero-order chi connectivity index (χ0) is 19.1. The van der Waals surface area contributed by atoms with Gasteiger partial charge in [-0.3, -0.25) is 0 Å². The van der Waals surface area contributed by atoms with E-state index in [1.165, 1.54) is 61.5 Å². The number of rotatable bonds is 11. The summed E-state index contributed by atoms with van der Waals surface area (Å²) >= 11 is 1.70. The first-order valence-electron chi connectivity index (χ1n) is 11.0. The molecule has 1 heterocycles. The number of hydrogen-bond acceptors (Lipinski definition) is 3. The Balaban J connectivity index is 1.46. The summed E-state index contributed by atoms with van der Waals surface area (Å²) in [6, 6.07) is 10.5. The molecule has 0 spiro atoms. The fourth-order valence-corrected chi connectivity index (χ4v) is 5.84. The zero-order valence-corrected chi connectivity index (χ0v) is 17.6. The summed E-state index contributed by atoms with van der Waals surface area (Å²) in [7, 11) is 0. The number of thiophene rings is 1. The van der Waals surface area contributed by atoms with Gasteiger partial charge in [-0.2, -0.15) is 0 Å². The molecular weight excluding hydrogens is 352 g/mol. The maximum Gasteiger partial charge on any atom is 0.0882 e. The third-order valence-electron chi connectivity index (χ3n) is 6.41. The molecule has 3 rings (SSSR count). The largest absolute Gasteiger partial charge is 0.393 e. The molecule has 2 aromatic rings. The Kier molecular flexibility index (Phi) is 8.17. The topological polar surface area (TPSA) is 40.5 Å². The molecule has 0 bridgehead atoms. The van der Waals surface area contributed by atoms with Crippen LogP contribution in [0.3, 0.4) is 0 Å². The molecule has 1 aromatic heterocycles. The van der Waals surface area contributed by atoms with Crippen LogP contribution < -0.4 is 0 Å². The van der Waals surface area contributed by atoms with Gasteiger partial charge in [-0.15, -0.1) is 11.3 Å². The maximum atomic E-state index is 10.7. The summed E-state index contributed by atoms with van der Waals surface area (Å²) in [5.74, 6) is 1.03. The van der Waals surface area contributed by atoms with Crippen molar-refractivity contribution < 1.29 is 10.2 Å². The molecule has 2 N–H and O–H groups in total. The van der Waals surface area contributed by atoms with Gasteiger partial charge in [0.05, 0.1) is 12.2 Å². The van der Waals surface area contributed by atoms with Gasteiger partial charge in [0.1, 0.15) is 0 Å². The second-order valence-electron chi connectivity index (χ2n) is 8.40. The molecule has 2 unspecified atom stereocenters. The van der Waals surface area contributed by atoms with E-state index in [1.807, 2.05) is 6.07 Å². The van der Waals surface area contributed by atoms with Crippen LogP contribution in [0.4, 0.5) is 0 Å². The average Bonchev–Trinajstić information content (AvgIpc) is 3.26. The second-order valence-corrected chi connectivity index (χ2v) is 9.52. The standard InChI is InChI=1S/C24H36O2S/c1-2-3-4-5-6-7-10-18-13-15-21(25)20(18)14-16-22(26)24-17-19-11-8-9-12-23(19)27-24/h8-9,11-12,17-18,20-22,25-26H,2-7,10,13-16H2,1H3/t18?,20-,21-,22?/m1/s1. The summed E-state index contributed by atoms with van der Waals surface area (Å²) in [5, 5.41) is 22.4. The van der Waals surface area contributed by atoms with E-state index in [4.69, 9.17) is 0 Å². The molecule has 27 heavy (non-hydrogen) atoms. The monoisotopic (exact) mass is 388 g/mol. The predicted molar refractivity (Wildman–Crippen MR) is 116 cm³/mol. The highest BCUT2D eigenvalue weighted by Crippen LogP contribution is 2.40. The first kappa shape index (κ1) is 20.8. The van der Waals surface area contributed by atoms with E-state index in [2.05, 4.69) is 31.2 Å². The van der Waals surface area contributed by atoms with Crippen molar-refractivity contribution in [3.8, 4) is 0 Å². The molecule has 0 aliphatic heterocycles. The fraction of sp³-hybridized carbons (Fsp3) is 0.667. The SMILES string of the molecule is CCCCCCCCC1CC[C@@H](O)[C@@H]1CCC(O)c1cc2ccccc2s1. The molecule has 2 nitrogen and oxygen atoms in total. The highest BCUT2D eigenvalue weighted by Gasteiger charge is 2.34. The number of aliphatic hydroxyl groups excluding tert-OH is 2. The van der Waals surface area contributed by atoms with Crippen LogP contribution in [-0.2, 0) is 0 Å². The quantitative estimate of drug-likeness (QED) is 0.413. The Hall–Kier alpha value is -0.900. The van der Waals surface area contributed by atoms with Gasteiger partial charge >= 0.3 is 0 Å². The fourth-order valence-electron chi connectivity index (χ4n) is 4.76. The van der Waals surface area contributed by atoms with Gasteiger partial charge in [0.25, 0.3) is 0 Å². The van der Waals surface area contributed by atoms with Crippen LogP contribution in [0.5, 0.6) is 0 Å². The zero-order valence-electron chi connectivity index (χ0n) is 16.8. The van der Waals surface area contributed by atoms with E-state index in [0.29, 0.717) is 11.8 Å². The van der Waals surface area contributed by atoms with Crippen molar-refractivity contribution in [2.45, 2.75) is 89.8 Å². The van der Waals surface area contributed by atoms with Gasteiger partial charge in [0, 0.05) is 9.58 Å². The van der Waals surface area contributed by atoms with Gasteiger partial charge in [-0.05, 0) is 55.0 Å². The second kappa shape index (κ2) is 10.6. The van der Waals surface area contributed by atoms with Crippen molar-refractivity contribution in [3.63, 3.8) is 0 Å². The molecular formula is C24H36O2S. The minimum atomic E-state index is -0.398. The van der Waals surface area contributed by atoms with E-state index in [-0.39, 0.29) is 6.10 Å². The lowest BCUT2D eigenvalue weighted by Gasteiger charge is -2.23. The minimum absolute atomic E-state index is 0.162. The van der Waals surface area contributed by atoms with Crippen LogP contribution in [0.15, 0.2) is 30.3 Å². The lowest BCUT2D eigenvalue weighted by molar-refractivity contribution is 0.0896. The van der Waals surface area contributed by atoms with Crippen LogP contribution in [0.2, 0.25) is 0 Å². The number of fused-ring (bicyclic) bond motifs is 1. The molecule has 0 saturated heterocycles. The first-order chi connectivity index (χ1) is 13.2. The van der Waals surface area contributed by atoms with Crippen LogP contribution in [-0.4, -0.2) is 16.3 Å². The van der Waals surface area contributed by atoms with Crippen molar-refractivity contribution in [2.24, 2.45) is 11.8 Å². The minimum Gasteiger partial charge on any atom is -0.393 e.